The lowest BCUT2D eigenvalue weighted by molar-refractivity contribution is -0.144. The van der Waals surface area contributed by atoms with Gasteiger partial charge < -0.3 is 10.2 Å². The van der Waals surface area contributed by atoms with Gasteiger partial charge in [0.05, 0.1) is 0 Å². The Hall–Kier alpha value is -2.88. The van der Waals surface area contributed by atoms with Crippen molar-refractivity contribution in [2.75, 3.05) is 6.54 Å². The minimum absolute atomic E-state index is 0.000572. The molecule has 0 spiro atoms. The molecule has 32 heavy (non-hydrogen) atoms. The molecule has 0 aromatic heterocycles. The van der Waals surface area contributed by atoms with Gasteiger partial charge in [-0.25, -0.2) is 0 Å². The number of benzene rings is 2. The molecule has 0 radical (unpaired) electrons. The van der Waals surface area contributed by atoms with Gasteiger partial charge in [-0.05, 0) is 46.9 Å². The van der Waals surface area contributed by atoms with E-state index in [4.69, 9.17) is 0 Å². The molecule has 2 aromatic carbocycles. The molecule has 3 rings (SSSR count). The molecule has 0 saturated carbocycles. The Labute approximate surface area is 192 Å². The van der Waals surface area contributed by atoms with E-state index < -0.39 is 6.04 Å². The van der Waals surface area contributed by atoms with Crippen molar-refractivity contribution in [3.05, 3.63) is 66.2 Å². The Kier molecular flexibility index (Phi) is 7.89. The number of carbonyl (C=O) groups excluding carboxylic acids is 2. The summed E-state index contributed by atoms with van der Waals surface area (Å²) in [5, 5.41) is 3.16. The minimum Gasteiger partial charge on any atom is -0.350 e. The molecule has 1 saturated heterocycles. The predicted octanol–water partition coefficient (Wildman–Crippen LogP) is 5.40. The number of hydrogen-bond donors (Lipinski definition) is 1. The number of carbonyl (C=O) groups is 2. The Balaban J connectivity index is 1.77. The molecule has 4 heteroatoms. The van der Waals surface area contributed by atoms with E-state index in [1.54, 1.807) is 11.0 Å². The van der Waals surface area contributed by atoms with Gasteiger partial charge in [-0.1, -0.05) is 89.2 Å². The molecule has 1 N–H and O–H groups in total. The summed E-state index contributed by atoms with van der Waals surface area (Å²) in [6.07, 6.45) is 4.32. The van der Waals surface area contributed by atoms with Crippen molar-refractivity contribution in [1.29, 1.82) is 0 Å². The van der Waals surface area contributed by atoms with Gasteiger partial charge in [0.2, 0.25) is 11.8 Å². The average Bonchev–Trinajstić information content (AvgIpc) is 2.77. The van der Waals surface area contributed by atoms with E-state index in [1.165, 1.54) is 5.56 Å². The largest absolute Gasteiger partial charge is 0.350 e. The summed E-state index contributed by atoms with van der Waals surface area (Å²) in [5.41, 5.74) is 3.27. The van der Waals surface area contributed by atoms with Gasteiger partial charge in [-0.3, -0.25) is 9.59 Å². The maximum atomic E-state index is 13.2. The van der Waals surface area contributed by atoms with E-state index in [2.05, 4.69) is 64.2 Å². The van der Waals surface area contributed by atoms with Crippen molar-refractivity contribution in [3.63, 3.8) is 0 Å². The molecule has 2 amide bonds. The lowest BCUT2D eigenvalue weighted by Crippen LogP contribution is -2.63. The van der Waals surface area contributed by atoms with Crippen LogP contribution < -0.4 is 5.32 Å². The van der Waals surface area contributed by atoms with E-state index in [0.29, 0.717) is 18.4 Å². The van der Waals surface area contributed by atoms with Gasteiger partial charge in [-0.15, -0.1) is 0 Å². The molecular weight excluding hydrogens is 396 g/mol. The highest BCUT2D eigenvalue weighted by Crippen LogP contribution is 2.25. The topological polar surface area (TPSA) is 49.4 Å². The van der Waals surface area contributed by atoms with Gasteiger partial charge >= 0.3 is 0 Å². The quantitative estimate of drug-likeness (QED) is 0.596. The zero-order valence-corrected chi connectivity index (χ0v) is 19.9. The molecule has 4 nitrogen and oxygen atoms in total. The molecule has 2 aromatic rings. The van der Waals surface area contributed by atoms with Crippen molar-refractivity contribution in [1.82, 2.24) is 10.2 Å². The SMILES string of the molecule is CC(C)CC1CN(C(=O)C=Cc2ccc(-c3ccccc3)cc2)C(C(C)C(C)C)C(=O)N1. The molecule has 1 fully saturated rings. The van der Waals surface area contributed by atoms with Crippen LogP contribution in [0.3, 0.4) is 0 Å². The highest BCUT2D eigenvalue weighted by atomic mass is 16.2. The van der Waals surface area contributed by atoms with E-state index in [9.17, 15) is 9.59 Å². The van der Waals surface area contributed by atoms with E-state index >= 15 is 0 Å². The van der Waals surface area contributed by atoms with Crippen LogP contribution in [0.15, 0.2) is 60.7 Å². The van der Waals surface area contributed by atoms with Crippen LogP contribution in [0.25, 0.3) is 17.2 Å². The molecule has 170 valence electrons. The summed E-state index contributed by atoms with van der Waals surface area (Å²) in [6.45, 7) is 11.1. The third-order valence-corrected chi connectivity index (χ3v) is 6.39. The number of amides is 2. The summed E-state index contributed by atoms with van der Waals surface area (Å²) in [6, 6.07) is 18.0. The first-order chi connectivity index (χ1) is 15.3. The third kappa shape index (κ3) is 5.87. The van der Waals surface area contributed by atoms with Crippen molar-refractivity contribution in [2.45, 2.75) is 53.1 Å². The summed E-state index contributed by atoms with van der Waals surface area (Å²) in [7, 11) is 0. The van der Waals surface area contributed by atoms with Gasteiger partial charge in [0, 0.05) is 18.7 Å². The van der Waals surface area contributed by atoms with Gasteiger partial charge in [-0.2, -0.15) is 0 Å². The van der Waals surface area contributed by atoms with Crippen molar-refractivity contribution in [2.24, 2.45) is 17.8 Å². The predicted molar refractivity (Wildman–Crippen MR) is 132 cm³/mol. The molecule has 1 aliphatic heterocycles. The molecule has 1 aliphatic rings. The van der Waals surface area contributed by atoms with E-state index in [1.807, 2.05) is 36.4 Å². The van der Waals surface area contributed by atoms with Crippen LogP contribution in [0.4, 0.5) is 0 Å². The van der Waals surface area contributed by atoms with Crippen LogP contribution in [0, 0.1) is 17.8 Å². The van der Waals surface area contributed by atoms with Crippen molar-refractivity contribution >= 4 is 17.9 Å². The average molecular weight is 433 g/mol. The molecule has 3 unspecified atom stereocenters. The fourth-order valence-electron chi connectivity index (χ4n) is 4.32. The lowest BCUT2D eigenvalue weighted by Gasteiger charge is -2.43. The molecular formula is C28H36N2O2. The summed E-state index contributed by atoms with van der Waals surface area (Å²) in [5.74, 6) is 0.708. The van der Waals surface area contributed by atoms with E-state index in [-0.39, 0.29) is 23.8 Å². The minimum atomic E-state index is -0.434. The maximum Gasteiger partial charge on any atom is 0.247 e. The number of hydrogen-bond acceptors (Lipinski definition) is 2. The van der Waals surface area contributed by atoms with Crippen LogP contribution in [0.1, 0.15) is 46.6 Å². The fourth-order valence-corrected chi connectivity index (χ4v) is 4.32. The maximum absolute atomic E-state index is 13.2. The van der Waals surface area contributed by atoms with Crippen LogP contribution in [-0.4, -0.2) is 35.3 Å². The molecule has 3 atom stereocenters. The summed E-state index contributed by atoms with van der Waals surface area (Å²) < 4.78 is 0. The molecule has 0 bridgehead atoms. The zero-order valence-electron chi connectivity index (χ0n) is 19.9. The number of piperazine rings is 1. The van der Waals surface area contributed by atoms with Crippen molar-refractivity contribution in [3.8, 4) is 11.1 Å². The standard InChI is InChI=1S/C28H36N2O2/c1-19(2)17-25-18-30(27(28(32)29-25)21(5)20(3)4)26(31)16-13-22-11-14-24(15-12-22)23-9-7-6-8-10-23/h6-16,19-21,25,27H,17-18H2,1-5H3,(H,29,32). The fraction of sp³-hybridized carbons (Fsp3) is 0.429. The Bertz CT molecular complexity index is 932. The highest BCUT2D eigenvalue weighted by Gasteiger charge is 2.40. The smallest absolute Gasteiger partial charge is 0.247 e. The lowest BCUT2D eigenvalue weighted by atomic mass is 9.86. The Morgan fingerprint density at radius 3 is 2.22 bits per heavy atom. The second-order valence-corrected chi connectivity index (χ2v) is 9.69. The molecule has 1 heterocycles. The van der Waals surface area contributed by atoms with Crippen LogP contribution in [0.5, 0.6) is 0 Å². The van der Waals surface area contributed by atoms with Crippen LogP contribution in [-0.2, 0) is 9.59 Å². The first kappa shape index (κ1) is 23.8. The van der Waals surface area contributed by atoms with E-state index in [0.717, 1.165) is 17.5 Å². The monoisotopic (exact) mass is 432 g/mol. The normalized spacial score (nSPS) is 20.1. The van der Waals surface area contributed by atoms with Crippen LogP contribution >= 0.6 is 0 Å². The third-order valence-electron chi connectivity index (χ3n) is 6.39. The second kappa shape index (κ2) is 10.6. The first-order valence-electron chi connectivity index (χ1n) is 11.7. The number of rotatable bonds is 7. The first-order valence-corrected chi connectivity index (χ1v) is 11.7. The van der Waals surface area contributed by atoms with Gasteiger partial charge in [0.25, 0.3) is 0 Å². The summed E-state index contributed by atoms with van der Waals surface area (Å²) in [4.78, 5) is 28.0. The highest BCUT2D eigenvalue weighted by molar-refractivity contribution is 5.96. The molecule has 0 aliphatic carbocycles. The zero-order chi connectivity index (χ0) is 23.3. The summed E-state index contributed by atoms with van der Waals surface area (Å²) >= 11 is 0. The Morgan fingerprint density at radius 2 is 1.62 bits per heavy atom. The Morgan fingerprint density at radius 1 is 1.00 bits per heavy atom. The van der Waals surface area contributed by atoms with Gasteiger partial charge in [0.15, 0.2) is 0 Å². The second-order valence-electron chi connectivity index (χ2n) is 9.69. The number of nitrogens with zero attached hydrogens (tertiary/aromatic N) is 1. The number of nitrogens with one attached hydrogen (secondary N) is 1. The van der Waals surface area contributed by atoms with Gasteiger partial charge in [0.1, 0.15) is 6.04 Å². The van der Waals surface area contributed by atoms with Crippen LogP contribution in [0.2, 0.25) is 0 Å². The van der Waals surface area contributed by atoms with Crippen molar-refractivity contribution < 1.29 is 9.59 Å².